The largest absolute Gasteiger partial charge is 0.356 e. The topological polar surface area (TPSA) is 46.9 Å². The van der Waals surface area contributed by atoms with Crippen LogP contribution in [0.5, 0.6) is 0 Å². The molecular formula is C11H18IN3O. The zero-order valence-corrected chi connectivity index (χ0v) is 12.0. The van der Waals surface area contributed by atoms with Gasteiger partial charge >= 0.3 is 0 Å². The van der Waals surface area contributed by atoms with E-state index in [0.29, 0.717) is 13.0 Å². The van der Waals surface area contributed by atoms with Crippen molar-refractivity contribution in [2.24, 2.45) is 0 Å². The number of amides is 1. The van der Waals surface area contributed by atoms with Gasteiger partial charge in [-0.2, -0.15) is 5.10 Å². The molecule has 90 valence electrons. The van der Waals surface area contributed by atoms with Crippen molar-refractivity contribution in [2.45, 2.75) is 39.7 Å². The van der Waals surface area contributed by atoms with Crippen molar-refractivity contribution < 1.29 is 4.79 Å². The Morgan fingerprint density at radius 3 is 2.94 bits per heavy atom. The summed E-state index contributed by atoms with van der Waals surface area (Å²) >= 11 is 2.25. The van der Waals surface area contributed by atoms with Crippen LogP contribution >= 0.6 is 22.6 Å². The number of halogens is 1. The Balaban J connectivity index is 2.29. The van der Waals surface area contributed by atoms with Crippen molar-refractivity contribution in [3.63, 3.8) is 0 Å². The van der Waals surface area contributed by atoms with Gasteiger partial charge in [0.1, 0.15) is 0 Å². The lowest BCUT2D eigenvalue weighted by molar-refractivity contribution is -0.121. The first-order valence-corrected chi connectivity index (χ1v) is 6.67. The van der Waals surface area contributed by atoms with E-state index in [0.717, 1.165) is 28.7 Å². The number of rotatable bonds is 6. The highest BCUT2D eigenvalue weighted by Gasteiger charge is 2.05. The van der Waals surface area contributed by atoms with Crippen molar-refractivity contribution in [2.75, 3.05) is 6.54 Å². The number of hydrogen-bond donors (Lipinski definition) is 1. The molecule has 0 fully saturated rings. The Morgan fingerprint density at radius 2 is 2.38 bits per heavy atom. The molecule has 0 unspecified atom stereocenters. The van der Waals surface area contributed by atoms with E-state index in [2.05, 4.69) is 39.9 Å². The van der Waals surface area contributed by atoms with Gasteiger partial charge < -0.3 is 5.32 Å². The predicted octanol–water partition coefficient (Wildman–Crippen LogP) is 2.10. The van der Waals surface area contributed by atoms with Crippen LogP contribution in [0.2, 0.25) is 0 Å². The number of carbonyl (C=O) groups is 1. The van der Waals surface area contributed by atoms with Crippen LogP contribution in [-0.2, 0) is 11.3 Å². The highest BCUT2D eigenvalue weighted by Crippen LogP contribution is 2.09. The second-order valence-corrected chi connectivity index (χ2v) is 4.92. The van der Waals surface area contributed by atoms with Crippen molar-refractivity contribution in [3.8, 4) is 0 Å². The van der Waals surface area contributed by atoms with E-state index in [1.807, 2.05) is 17.8 Å². The number of aromatic nitrogens is 2. The van der Waals surface area contributed by atoms with Gasteiger partial charge in [-0.1, -0.05) is 13.3 Å². The number of nitrogens with zero attached hydrogens (tertiary/aromatic N) is 2. The molecule has 5 heteroatoms. The minimum Gasteiger partial charge on any atom is -0.356 e. The van der Waals surface area contributed by atoms with E-state index in [-0.39, 0.29) is 5.91 Å². The fraction of sp³-hybridized carbons (Fsp3) is 0.636. The lowest BCUT2D eigenvalue weighted by atomic mass is 10.3. The molecule has 1 aromatic rings. The normalized spacial score (nSPS) is 10.4. The van der Waals surface area contributed by atoms with Crippen LogP contribution in [-0.4, -0.2) is 22.2 Å². The number of aryl methyl sites for hydroxylation is 1. The molecule has 0 aromatic carbocycles. The summed E-state index contributed by atoms with van der Waals surface area (Å²) in [6.07, 6.45) is 4.48. The van der Waals surface area contributed by atoms with E-state index in [9.17, 15) is 4.79 Å². The molecule has 0 aliphatic carbocycles. The van der Waals surface area contributed by atoms with E-state index >= 15 is 0 Å². The second kappa shape index (κ2) is 6.88. The molecule has 1 aromatic heterocycles. The number of carbonyl (C=O) groups excluding carboxylic acids is 1. The molecule has 0 bridgehead atoms. The average Bonchev–Trinajstić information content (AvgIpc) is 2.58. The van der Waals surface area contributed by atoms with Gasteiger partial charge in [0.25, 0.3) is 0 Å². The van der Waals surface area contributed by atoms with Gasteiger partial charge in [-0.05, 0) is 35.9 Å². The Kier molecular flexibility index (Phi) is 5.79. The number of unbranched alkanes of at least 4 members (excludes halogenated alkanes) is 1. The predicted molar refractivity (Wildman–Crippen MR) is 72.2 cm³/mol. The molecule has 0 saturated heterocycles. The Labute approximate surface area is 110 Å². The Bertz CT molecular complexity index is 349. The summed E-state index contributed by atoms with van der Waals surface area (Å²) in [4.78, 5) is 11.5. The van der Waals surface area contributed by atoms with E-state index < -0.39 is 0 Å². The molecule has 16 heavy (non-hydrogen) atoms. The maximum atomic E-state index is 11.5. The number of hydrogen-bond acceptors (Lipinski definition) is 2. The monoisotopic (exact) mass is 335 g/mol. The van der Waals surface area contributed by atoms with Gasteiger partial charge in [-0.3, -0.25) is 9.48 Å². The second-order valence-electron chi connectivity index (χ2n) is 3.75. The van der Waals surface area contributed by atoms with Crippen molar-refractivity contribution in [1.82, 2.24) is 15.1 Å². The van der Waals surface area contributed by atoms with Gasteiger partial charge in [0.05, 0.1) is 9.77 Å². The summed E-state index contributed by atoms with van der Waals surface area (Å²) in [7, 11) is 0. The summed E-state index contributed by atoms with van der Waals surface area (Å²) in [6.45, 7) is 5.57. The summed E-state index contributed by atoms with van der Waals surface area (Å²) in [5.41, 5.74) is 1.13. The summed E-state index contributed by atoms with van der Waals surface area (Å²) < 4.78 is 3.02. The van der Waals surface area contributed by atoms with Crippen LogP contribution in [0.15, 0.2) is 6.20 Å². The van der Waals surface area contributed by atoms with Crippen molar-refractivity contribution in [1.29, 1.82) is 0 Å². The summed E-state index contributed by atoms with van der Waals surface area (Å²) in [6, 6.07) is 0. The molecule has 0 aliphatic rings. The molecule has 1 N–H and O–H groups in total. The van der Waals surface area contributed by atoms with E-state index in [1.54, 1.807) is 0 Å². The third-order valence-electron chi connectivity index (χ3n) is 2.45. The zero-order valence-electron chi connectivity index (χ0n) is 9.79. The zero-order chi connectivity index (χ0) is 12.0. The molecule has 1 heterocycles. The lowest BCUT2D eigenvalue weighted by Crippen LogP contribution is -2.25. The molecule has 0 radical (unpaired) electrons. The standard InChI is InChI=1S/C11H18IN3O/c1-3-4-6-13-11(16)5-7-15-9(2)10(12)8-14-15/h8H,3-7H2,1-2H3,(H,13,16). The minimum atomic E-state index is 0.110. The van der Waals surface area contributed by atoms with Crippen LogP contribution in [0.25, 0.3) is 0 Å². The third kappa shape index (κ3) is 4.11. The number of nitrogens with one attached hydrogen (secondary N) is 1. The van der Waals surface area contributed by atoms with Gasteiger partial charge in [0.15, 0.2) is 0 Å². The van der Waals surface area contributed by atoms with Crippen molar-refractivity contribution in [3.05, 3.63) is 15.5 Å². The molecule has 0 atom stereocenters. The van der Waals surface area contributed by atoms with Gasteiger partial charge in [0, 0.05) is 25.2 Å². The highest BCUT2D eigenvalue weighted by atomic mass is 127. The first-order chi connectivity index (χ1) is 7.65. The summed E-state index contributed by atoms with van der Waals surface area (Å²) in [5.74, 6) is 0.110. The smallest absolute Gasteiger partial charge is 0.221 e. The maximum Gasteiger partial charge on any atom is 0.221 e. The van der Waals surface area contributed by atoms with Crippen LogP contribution in [0, 0.1) is 10.5 Å². The van der Waals surface area contributed by atoms with Crippen LogP contribution in [0.4, 0.5) is 0 Å². The minimum absolute atomic E-state index is 0.110. The Hall–Kier alpha value is -0.590. The molecule has 4 nitrogen and oxygen atoms in total. The molecular weight excluding hydrogens is 317 g/mol. The maximum absolute atomic E-state index is 11.5. The average molecular weight is 335 g/mol. The third-order valence-corrected chi connectivity index (χ3v) is 3.51. The first-order valence-electron chi connectivity index (χ1n) is 5.59. The summed E-state index contributed by atoms with van der Waals surface area (Å²) in [5, 5.41) is 7.11. The first kappa shape index (κ1) is 13.5. The van der Waals surface area contributed by atoms with Crippen LogP contribution in [0.3, 0.4) is 0 Å². The molecule has 0 spiro atoms. The van der Waals surface area contributed by atoms with E-state index in [4.69, 9.17) is 0 Å². The quantitative estimate of drug-likeness (QED) is 0.639. The van der Waals surface area contributed by atoms with Gasteiger partial charge in [-0.15, -0.1) is 0 Å². The fourth-order valence-corrected chi connectivity index (χ4v) is 1.75. The fourth-order valence-electron chi connectivity index (χ4n) is 1.35. The van der Waals surface area contributed by atoms with Crippen molar-refractivity contribution >= 4 is 28.5 Å². The molecule has 0 saturated carbocycles. The molecule has 1 amide bonds. The van der Waals surface area contributed by atoms with Gasteiger partial charge in [0.2, 0.25) is 5.91 Å². The lowest BCUT2D eigenvalue weighted by Gasteiger charge is -2.05. The van der Waals surface area contributed by atoms with E-state index in [1.165, 1.54) is 0 Å². The molecule has 0 aliphatic heterocycles. The van der Waals surface area contributed by atoms with Gasteiger partial charge in [-0.25, -0.2) is 0 Å². The Morgan fingerprint density at radius 1 is 1.62 bits per heavy atom. The SMILES string of the molecule is CCCCNC(=O)CCn1ncc(I)c1C. The van der Waals surface area contributed by atoms with Crippen LogP contribution in [0.1, 0.15) is 31.9 Å². The molecule has 1 rings (SSSR count). The van der Waals surface area contributed by atoms with Crippen LogP contribution < -0.4 is 5.32 Å². The highest BCUT2D eigenvalue weighted by molar-refractivity contribution is 14.1.